The van der Waals surface area contributed by atoms with Crippen molar-refractivity contribution in [1.29, 1.82) is 0 Å². The molecular formula is C10H7F6NO2. The van der Waals surface area contributed by atoms with Gasteiger partial charge in [-0.05, 0) is 18.2 Å². The maximum atomic E-state index is 12.5. The largest absolute Gasteiger partial charge is 0.416 e. The standard InChI is InChI=1S/C10H7F6NO2/c1-19-17-8(18)5-2-6(9(11,12)13)4-7(3-5)10(14,15)16/h2-4H,1H3,(H,17,18). The maximum Gasteiger partial charge on any atom is 0.416 e. The van der Waals surface area contributed by atoms with Crippen molar-refractivity contribution >= 4 is 5.91 Å². The Bertz CT molecular complexity index is 448. The molecule has 0 aliphatic rings. The van der Waals surface area contributed by atoms with Crippen LogP contribution >= 0.6 is 0 Å². The Kier molecular flexibility index (Phi) is 4.09. The highest BCUT2D eigenvalue weighted by Crippen LogP contribution is 2.36. The van der Waals surface area contributed by atoms with Gasteiger partial charge in [-0.1, -0.05) is 0 Å². The van der Waals surface area contributed by atoms with Crippen LogP contribution in [0.25, 0.3) is 0 Å². The smallest absolute Gasteiger partial charge is 0.277 e. The van der Waals surface area contributed by atoms with Crippen LogP contribution in [0, 0.1) is 0 Å². The van der Waals surface area contributed by atoms with E-state index < -0.39 is 35.0 Å². The van der Waals surface area contributed by atoms with Crippen molar-refractivity contribution in [3.8, 4) is 0 Å². The van der Waals surface area contributed by atoms with Gasteiger partial charge in [-0.2, -0.15) is 26.3 Å². The minimum atomic E-state index is -5.00. The van der Waals surface area contributed by atoms with Gasteiger partial charge in [-0.25, -0.2) is 5.48 Å². The van der Waals surface area contributed by atoms with E-state index in [1.165, 1.54) is 0 Å². The van der Waals surface area contributed by atoms with Crippen molar-refractivity contribution in [3.05, 3.63) is 34.9 Å². The lowest BCUT2D eigenvalue weighted by Gasteiger charge is -2.13. The third kappa shape index (κ3) is 3.85. The average molecular weight is 287 g/mol. The number of amides is 1. The molecule has 0 unspecified atom stereocenters. The fraction of sp³-hybridized carbons (Fsp3) is 0.300. The number of hydrogen-bond acceptors (Lipinski definition) is 2. The van der Waals surface area contributed by atoms with Crippen molar-refractivity contribution < 1.29 is 36.0 Å². The van der Waals surface area contributed by atoms with Crippen molar-refractivity contribution in [2.45, 2.75) is 12.4 Å². The summed E-state index contributed by atoms with van der Waals surface area (Å²) in [5.74, 6) is -1.21. The number of hydroxylamine groups is 1. The molecule has 0 fully saturated rings. The summed E-state index contributed by atoms with van der Waals surface area (Å²) in [6, 6.07) is 0.552. The predicted molar refractivity (Wildman–Crippen MR) is 50.9 cm³/mol. The van der Waals surface area contributed by atoms with Crippen molar-refractivity contribution in [1.82, 2.24) is 5.48 Å². The zero-order chi connectivity index (χ0) is 14.8. The third-order valence-electron chi connectivity index (χ3n) is 2.04. The topological polar surface area (TPSA) is 38.3 Å². The molecule has 0 saturated carbocycles. The van der Waals surface area contributed by atoms with E-state index in [9.17, 15) is 31.1 Å². The molecule has 0 bridgehead atoms. The van der Waals surface area contributed by atoms with E-state index in [2.05, 4.69) is 4.84 Å². The van der Waals surface area contributed by atoms with Gasteiger partial charge in [0.2, 0.25) is 0 Å². The molecule has 0 atom stereocenters. The number of carbonyl (C=O) groups is 1. The van der Waals surface area contributed by atoms with E-state index in [1.54, 1.807) is 5.48 Å². The lowest BCUT2D eigenvalue weighted by atomic mass is 10.0. The number of benzene rings is 1. The lowest BCUT2D eigenvalue weighted by Crippen LogP contribution is -2.23. The Labute approximate surface area is 103 Å². The van der Waals surface area contributed by atoms with E-state index in [0.717, 1.165) is 7.11 Å². The van der Waals surface area contributed by atoms with Crippen LogP contribution in [-0.2, 0) is 17.2 Å². The summed E-state index contributed by atoms with van der Waals surface area (Å²) in [5, 5.41) is 0. The molecule has 9 heteroatoms. The maximum absolute atomic E-state index is 12.5. The van der Waals surface area contributed by atoms with Crippen LogP contribution in [0.4, 0.5) is 26.3 Å². The molecule has 1 aromatic rings. The molecule has 0 aliphatic heterocycles. The second kappa shape index (κ2) is 5.08. The normalized spacial score (nSPS) is 12.4. The summed E-state index contributed by atoms with van der Waals surface area (Å²) < 4.78 is 74.7. The van der Waals surface area contributed by atoms with Crippen LogP contribution in [0.15, 0.2) is 18.2 Å². The van der Waals surface area contributed by atoms with Crippen molar-refractivity contribution in [2.24, 2.45) is 0 Å². The first-order valence-corrected chi connectivity index (χ1v) is 4.68. The number of carbonyl (C=O) groups excluding carboxylic acids is 1. The molecule has 0 aliphatic carbocycles. The first-order valence-electron chi connectivity index (χ1n) is 4.68. The Hall–Kier alpha value is -1.77. The van der Waals surface area contributed by atoms with Crippen molar-refractivity contribution in [2.75, 3.05) is 7.11 Å². The van der Waals surface area contributed by atoms with Gasteiger partial charge in [0.15, 0.2) is 0 Å². The Balaban J connectivity index is 3.37. The Morgan fingerprint density at radius 3 is 1.74 bits per heavy atom. The molecule has 19 heavy (non-hydrogen) atoms. The SMILES string of the molecule is CONC(=O)c1cc(C(F)(F)F)cc(C(F)(F)F)c1. The zero-order valence-electron chi connectivity index (χ0n) is 9.32. The molecule has 1 N–H and O–H groups in total. The van der Waals surface area contributed by atoms with Gasteiger partial charge >= 0.3 is 12.4 Å². The van der Waals surface area contributed by atoms with E-state index >= 15 is 0 Å². The summed E-state index contributed by atoms with van der Waals surface area (Å²) in [6.45, 7) is 0. The fourth-order valence-corrected chi connectivity index (χ4v) is 1.24. The van der Waals surface area contributed by atoms with Crippen LogP contribution in [0.5, 0.6) is 0 Å². The second-order valence-corrected chi connectivity index (χ2v) is 3.43. The van der Waals surface area contributed by atoms with E-state index in [1.807, 2.05) is 0 Å². The fourth-order valence-electron chi connectivity index (χ4n) is 1.24. The molecular weight excluding hydrogens is 280 g/mol. The summed E-state index contributed by atoms with van der Waals surface area (Å²) in [6.07, 6.45) is -9.99. The molecule has 0 spiro atoms. The van der Waals surface area contributed by atoms with E-state index in [-0.39, 0.29) is 6.07 Å². The highest BCUT2D eigenvalue weighted by molar-refractivity contribution is 5.93. The monoisotopic (exact) mass is 287 g/mol. The van der Waals surface area contributed by atoms with Crippen LogP contribution in [0.1, 0.15) is 21.5 Å². The third-order valence-corrected chi connectivity index (χ3v) is 2.04. The van der Waals surface area contributed by atoms with Gasteiger partial charge in [0.05, 0.1) is 18.2 Å². The second-order valence-electron chi connectivity index (χ2n) is 3.43. The van der Waals surface area contributed by atoms with Gasteiger partial charge in [0, 0.05) is 5.56 Å². The predicted octanol–water partition coefficient (Wildman–Crippen LogP) is 3.02. The first kappa shape index (κ1) is 15.3. The summed E-state index contributed by atoms with van der Waals surface area (Å²) >= 11 is 0. The molecule has 1 aromatic carbocycles. The molecule has 0 radical (unpaired) electrons. The zero-order valence-corrected chi connectivity index (χ0v) is 9.32. The minimum absolute atomic E-state index is 0.0659. The number of rotatable bonds is 2. The number of alkyl halides is 6. The Morgan fingerprint density at radius 1 is 1.00 bits per heavy atom. The highest BCUT2D eigenvalue weighted by atomic mass is 19.4. The van der Waals surface area contributed by atoms with E-state index in [0.29, 0.717) is 12.1 Å². The molecule has 0 heterocycles. The van der Waals surface area contributed by atoms with Gasteiger partial charge in [0.1, 0.15) is 0 Å². The van der Waals surface area contributed by atoms with Crippen LogP contribution < -0.4 is 5.48 Å². The number of nitrogens with one attached hydrogen (secondary N) is 1. The lowest BCUT2D eigenvalue weighted by molar-refractivity contribution is -0.143. The number of halogens is 6. The van der Waals surface area contributed by atoms with Crippen LogP contribution in [0.3, 0.4) is 0 Å². The molecule has 106 valence electrons. The summed E-state index contributed by atoms with van der Waals surface area (Å²) in [5.41, 5.74) is -2.29. The number of hydrogen-bond donors (Lipinski definition) is 1. The quantitative estimate of drug-likeness (QED) is 0.670. The van der Waals surface area contributed by atoms with Gasteiger partial charge in [-0.15, -0.1) is 0 Å². The van der Waals surface area contributed by atoms with Gasteiger partial charge < -0.3 is 0 Å². The minimum Gasteiger partial charge on any atom is -0.277 e. The van der Waals surface area contributed by atoms with Gasteiger partial charge in [-0.3, -0.25) is 9.63 Å². The van der Waals surface area contributed by atoms with Crippen molar-refractivity contribution in [3.63, 3.8) is 0 Å². The van der Waals surface area contributed by atoms with Gasteiger partial charge in [0.25, 0.3) is 5.91 Å². The van der Waals surface area contributed by atoms with Crippen LogP contribution in [-0.4, -0.2) is 13.0 Å². The average Bonchev–Trinajstić information content (AvgIpc) is 2.26. The summed E-state index contributed by atoms with van der Waals surface area (Å²) in [7, 11) is 0.996. The summed E-state index contributed by atoms with van der Waals surface area (Å²) in [4.78, 5) is 15.4. The molecule has 0 saturated heterocycles. The molecule has 1 rings (SSSR count). The first-order chi connectivity index (χ1) is 8.55. The molecule has 1 amide bonds. The van der Waals surface area contributed by atoms with Crippen LogP contribution in [0.2, 0.25) is 0 Å². The molecule has 0 aromatic heterocycles. The molecule has 3 nitrogen and oxygen atoms in total. The highest BCUT2D eigenvalue weighted by Gasteiger charge is 2.37. The van der Waals surface area contributed by atoms with E-state index in [4.69, 9.17) is 0 Å². The Morgan fingerprint density at radius 2 is 1.42 bits per heavy atom.